The number of hydrogen-bond donors (Lipinski definition) is 0. The highest BCUT2D eigenvalue weighted by Crippen LogP contribution is 2.29. The molecule has 0 radical (unpaired) electrons. The molecule has 88 valence electrons. The molecule has 2 nitrogen and oxygen atoms in total. The van der Waals surface area contributed by atoms with E-state index in [1.165, 1.54) is 45.1 Å². The first-order valence-corrected chi connectivity index (χ1v) is 7.45. The van der Waals surface area contributed by atoms with Crippen molar-refractivity contribution in [3.8, 4) is 0 Å². The Morgan fingerprint density at radius 1 is 1.20 bits per heavy atom. The summed E-state index contributed by atoms with van der Waals surface area (Å²) >= 11 is 3.49. The molecule has 0 aromatic rings. The number of alkyl halides is 1. The Morgan fingerprint density at radius 2 is 2.13 bits per heavy atom. The second-order valence-corrected chi connectivity index (χ2v) is 5.49. The van der Waals surface area contributed by atoms with Crippen molar-refractivity contribution >= 4 is 15.9 Å². The molecule has 15 heavy (non-hydrogen) atoms. The maximum atomic E-state index is 5.81. The topological polar surface area (TPSA) is 12.5 Å². The number of unbranched alkanes of at least 4 members (excludes halogenated alkanes) is 2. The molecule has 2 unspecified atom stereocenters. The minimum Gasteiger partial charge on any atom is -0.375 e. The zero-order valence-electron chi connectivity index (χ0n) is 9.46. The van der Waals surface area contributed by atoms with Gasteiger partial charge in [-0.25, -0.2) is 0 Å². The molecular weight excluding hydrogens is 254 g/mol. The maximum Gasteiger partial charge on any atom is 0.0730 e. The van der Waals surface area contributed by atoms with Crippen LogP contribution in [0.25, 0.3) is 0 Å². The highest BCUT2D eigenvalue weighted by atomic mass is 79.9. The summed E-state index contributed by atoms with van der Waals surface area (Å²) in [7, 11) is 0. The summed E-state index contributed by atoms with van der Waals surface area (Å²) in [6.07, 6.45) is 8.63. The molecule has 2 aliphatic rings. The first-order chi connectivity index (χ1) is 7.42. The van der Waals surface area contributed by atoms with Crippen LogP contribution in [0.15, 0.2) is 0 Å². The fraction of sp³-hybridized carbons (Fsp3) is 1.00. The van der Waals surface area contributed by atoms with Crippen molar-refractivity contribution in [3.05, 3.63) is 0 Å². The molecule has 3 heteroatoms. The molecule has 1 heterocycles. The van der Waals surface area contributed by atoms with E-state index < -0.39 is 0 Å². The van der Waals surface area contributed by atoms with Gasteiger partial charge in [0.05, 0.1) is 12.7 Å². The van der Waals surface area contributed by atoms with E-state index in [9.17, 15) is 0 Å². The zero-order chi connectivity index (χ0) is 10.5. The SMILES string of the molecule is BrCCCCCN1CCOC2CCCC21. The van der Waals surface area contributed by atoms with Gasteiger partial charge >= 0.3 is 0 Å². The highest BCUT2D eigenvalue weighted by molar-refractivity contribution is 9.09. The largest absolute Gasteiger partial charge is 0.375 e. The summed E-state index contributed by atoms with van der Waals surface area (Å²) in [6.45, 7) is 3.41. The van der Waals surface area contributed by atoms with E-state index in [0.29, 0.717) is 6.10 Å². The normalized spacial score (nSPS) is 31.8. The van der Waals surface area contributed by atoms with Crippen molar-refractivity contribution in [2.75, 3.05) is 25.0 Å². The van der Waals surface area contributed by atoms with Gasteiger partial charge in [0.25, 0.3) is 0 Å². The van der Waals surface area contributed by atoms with Gasteiger partial charge in [0.15, 0.2) is 0 Å². The molecule has 0 aromatic heterocycles. The fourth-order valence-corrected chi connectivity index (χ4v) is 3.27. The average Bonchev–Trinajstić information content (AvgIpc) is 2.73. The van der Waals surface area contributed by atoms with Crippen molar-refractivity contribution in [2.45, 2.75) is 50.7 Å². The van der Waals surface area contributed by atoms with E-state index in [4.69, 9.17) is 4.74 Å². The molecule has 2 atom stereocenters. The zero-order valence-corrected chi connectivity index (χ0v) is 11.0. The van der Waals surface area contributed by atoms with E-state index in [1.54, 1.807) is 0 Å². The number of morpholine rings is 1. The second kappa shape index (κ2) is 6.21. The fourth-order valence-electron chi connectivity index (χ4n) is 2.87. The third kappa shape index (κ3) is 3.18. The van der Waals surface area contributed by atoms with Crippen LogP contribution in [-0.2, 0) is 4.74 Å². The van der Waals surface area contributed by atoms with Crippen LogP contribution in [0.5, 0.6) is 0 Å². The van der Waals surface area contributed by atoms with Crippen molar-refractivity contribution in [2.24, 2.45) is 0 Å². The van der Waals surface area contributed by atoms with Gasteiger partial charge in [0.2, 0.25) is 0 Å². The number of hydrogen-bond acceptors (Lipinski definition) is 2. The van der Waals surface area contributed by atoms with Gasteiger partial charge in [-0.1, -0.05) is 22.4 Å². The predicted molar refractivity (Wildman–Crippen MR) is 66.6 cm³/mol. The van der Waals surface area contributed by atoms with E-state index in [1.807, 2.05) is 0 Å². The van der Waals surface area contributed by atoms with Crippen LogP contribution in [0.2, 0.25) is 0 Å². The first kappa shape index (κ1) is 11.9. The molecule has 2 fully saturated rings. The molecule has 2 rings (SSSR count). The summed E-state index contributed by atoms with van der Waals surface area (Å²) in [5, 5.41) is 1.15. The monoisotopic (exact) mass is 275 g/mol. The Kier molecular flexibility index (Phi) is 4.92. The molecule has 1 aliphatic heterocycles. The Balaban J connectivity index is 1.71. The molecule has 1 saturated carbocycles. The maximum absolute atomic E-state index is 5.81. The van der Waals surface area contributed by atoms with Crippen LogP contribution in [0.4, 0.5) is 0 Å². The second-order valence-electron chi connectivity index (χ2n) is 4.69. The summed E-state index contributed by atoms with van der Waals surface area (Å²) in [5.74, 6) is 0. The van der Waals surface area contributed by atoms with Gasteiger partial charge in [0.1, 0.15) is 0 Å². The van der Waals surface area contributed by atoms with Gasteiger partial charge in [-0.3, -0.25) is 4.90 Å². The molecule has 1 saturated heterocycles. The minimum absolute atomic E-state index is 0.565. The van der Waals surface area contributed by atoms with Crippen LogP contribution < -0.4 is 0 Å². The lowest BCUT2D eigenvalue weighted by Gasteiger charge is -2.37. The van der Waals surface area contributed by atoms with Crippen molar-refractivity contribution in [3.63, 3.8) is 0 Å². The molecule has 1 aliphatic carbocycles. The average molecular weight is 276 g/mol. The summed E-state index contributed by atoms with van der Waals surface area (Å²) < 4.78 is 5.81. The lowest BCUT2D eigenvalue weighted by Crippen LogP contribution is -2.48. The van der Waals surface area contributed by atoms with Crippen LogP contribution in [-0.4, -0.2) is 42.1 Å². The van der Waals surface area contributed by atoms with Crippen molar-refractivity contribution < 1.29 is 4.74 Å². The van der Waals surface area contributed by atoms with Crippen LogP contribution in [0.1, 0.15) is 38.5 Å². The van der Waals surface area contributed by atoms with Crippen LogP contribution in [0.3, 0.4) is 0 Å². The van der Waals surface area contributed by atoms with Gasteiger partial charge < -0.3 is 4.74 Å². The van der Waals surface area contributed by atoms with Crippen LogP contribution >= 0.6 is 15.9 Å². The van der Waals surface area contributed by atoms with Gasteiger partial charge in [0, 0.05) is 17.9 Å². The third-order valence-electron chi connectivity index (χ3n) is 3.68. The third-order valence-corrected chi connectivity index (χ3v) is 4.24. The van der Waals surface area contributed by atoms with E-state index in [2.05, 4.69) is 20.8 Å². The minimum atomic E-state index is 0.565. The number of ether oxygens (including phenoxy) is 1. The van der Waals surface area contributed by atoms with Gasteiger partial charge in [-0.15, -0.1) is 0 Å². The molecule has 0 spiro atoms. The molecule has 0 bridgehead atoms. The van der Waals surface area contributed by atoms with Crippen molar-refractivity contribution in [1.82, 2.24) is 4.90 Å². The Morgan fingerprint density at radius 3 is 3.00 bits per heavy atom. The number of fused-ring (bicyclic) bond motifs is 1. The summed E-state index contributed by atoms with van der Waals surface area (Å²) in [6, 6.07) is 0.753. The lowest BCUT2D eigenvalue weighted by atomic mass is 10.1. The van der Waals surface area contributed by atoms with Crippen LogP contribution in [0, 0.1) is 0 Å². The van der Waals surface area contributed by atoms with Gasteiger partial charge in [-0.2, -0.15) is 0 Å². The van der Waals surface area contributed by atoms with Crippen molar-refractivity contribution in [1.29, 1.82) is 0 Å². The number of nitrogens with zero attached hydrogens (tertiary/aromatic N) is 1. The number of rotatable bonds is 5. The quantitative estimate of drug-likeness (QED) is 0.565. The Hall–Kier alpha value is 0.400. The predicted octanol–water partition coefficient (Wildman–Crippen LogP) is 2.80. The lowest BCUT2D eigenvalue weighted by molar-refractivity contribution is -0.0558. The smallest absolute Gasteiger partial charge is 0.0730 e. The first-order valence-electron chi connectivity index (χ1n) is 6.33. The standard InChI is InChI=1S/C12H22BrNO/c13-7-2-1-3-8-14-9-10-15-12-6-4-5-11(12)14/h11-12H,1-10H2. The molecule has 0 aromatic carbocycles. The molecule has 0 amide bonds. The van der Waals surface area contributed by atoms with Gasteiger partial charge in [-0.05, 0) is 38.6 Å². The highest BCUT2D eigenvalue weighted by Gasteiger charge is 2.35. The Labute approximate surface area is 101 Å². The number of halogens is 1. The van der Waals surface area contributed by atoms with E-state index in [-0.39, 0.29) is 0 Å². The molecular formula is C12H22BrNO. The Bertz CT molecular complexity index is 188. The molecule has 0 N–H and O–H groups in total. The summed E-state index contributed by atoms with van der Waals surface area (Å²) in [4.78, 5) is 2.68. The summed E-state index contributed by atoms with van der Waals surface area (Å²) in [5.41, 5.74) is 0. The van der Waals surface area contributed by atoms with E-state index in [0.717, 1.165) is 24.5 Å². The van der Waals surface area contributed by atoms with E-state index >= 15 is 0 Å².